The van der Waals surface area contributed by atoms with Gasteiger partial charge in [0.05, 0.1) is 5.56 Å². The smallest absolute Gasteiger partial charge is 0.229 e. The summed E-state index contributed by atoms with van der Waals surface area (Å²) in [6, 6.07) is 16.2. The molecule has 4 aromatic rings. The Kier molecular flexibility index (Phi) is 9.25. The van der Waals surface area contributed by atoms with E-state index in [0.717, 1.165) is 43.9 Å². The Bertz CT molecular complexity index is 1650. The highest BCUT2D eigenvalue weighted by atomic mass is 19.1. The van der Waals surface area contributed by atoms with Crippen molar-refractivity contribution in [3.63, 3.8) is 0 Å². The molecular formula is C33H35FN8O. The van der Waals surface area contributed by atoms with E-state index >= 15 is 0 Å². The molecule has 4 N–H and O–H groups in total. The maximum absolute atomic E-state index is 14.9. The first-order valence-corrected chi connectivity index (χ1v) is 14.2. The Hall–Kier alpha value is -4.85. The zero-order valence-corrected chi connectivity index (χ0v) is 24.6. The first-order valence-electron chi connectivity index (χ1n) is 14.2. The van der Waals surface area contributed by atoms with Crippen molar-refractivity contribution in [2.75, 3.05) is 49.6 Å². The lowest BCUT2D eigenvalue weighted by molar-refractivity contribution is -0.118. The molecule has 0 spiro atoms. The van der Waals surface area contributed by atoms with Crippen LogP contribution >= 0.6 is 0 Å². The normalized spacial score (nSPS) is 13.8. The predicted molar refractivity (Wildman–Crippen MR) is 168 cm³/mol. The lowest BCUT2D eigenvalue weighted by Crippen LogP contribution is -2.43. The van der Waals surface area contributed by atoms with Crippen molar-refractivity contribution in [1.29, 1.82) is 0 Å². The fourth-order valence-electron chi connectivity index (χ4n) is 4.55. The fourth-order valence-corrected chi connectivity index (χ4v) is 4.55. The second kappa shape index (κ2) is 13.4. The van der Waals surface area contributed by atoms with Crippen molar-refractivity contribution < 1.29 is 9.18 Å². The van der Waals surface area contributed by atoms with E-state index in [1.54, 1.807) is 36.7 Å². The van der Waals surface area contributed by atoms with E-state index in [0.29, 0.717) is 22.9 Å². The predicted octanol–water partition coefficient (Wildman–Crippen LogP) is 4.75. The summed E-state index contributed by atoms with van der Waals surface area (Å²) in [5, 5.41) is 5.81. The first kappa shape index (κ1) is 29.6. The van der Waals surface area contributed by atoms with Gasteiger partial charge < -0.3 is 21.3 Å². The number of rotatable bonds is 7. The number of nitrogens with one attached hydrogen (secondary N) is 2. The summed E-state index contributed by atoms with van der Waals surface area (Å²) in [5.74, 6) is 5.47. The number of benzene rings is 2. The molecule has 1 fully saturated rings. The average Bonchev–Trinajstić information content (AvgIpc) is 2.99. The number of hydrogen-bond donors (Lipinski definition) is 3. The van der Waals surface area contributed by atoms with Gasteiger partial charge in [-0.25, -0.2) is 14.4 Å². The molecule has 43 heavy (non-hydrogen) atoms. The minimum atomic E-state index is -0.511. The number of carbonyl (C=O) groups excluding carboxylic acids is 1. The van der Waals surface area contributed by atoms with Gasteiger partial charge in [-0.2, -0.15) is 4.98 Å². The molecule has 0 bridgehead atoms. The van der Waals surface area contributed by atoms with Crippen LogP contribution in [0, 0.1) is 23.6 Å². The van der Waals surface area contributed by atoms with Crippen molar-refractivity contribution >= 4 is 29.0 Å². The van der Waals surface area contributed by atoms with Crippen LogP contribution in [0.1, 0.15) is 30.7 Å². The molecule has 1 aliphatic heterocycles. The van der Waals surface area contributed by atoms with Gasteiger partial charge in [-0.3, -0.25) is 9.69 Å². The number of aromatic nitrogens is 3. The molecule has 1 saturated heterocycles. The number of carbonyl (C=O) groups is 1. The molecule has 0 radical (unpaired) electrons. The molecular weight excluding hydrogens is 543 g/mol. The van der Waals surface area contributed by atoms with Gasteiger partial charge >= 0.3 is 0 Å². The summed E-state index contributed by atoms with van der Waals surface area (Å²) in [6.45, 7) is 8.86. The van der Waals surface area contributed by atoms with Crippen LogP contribution in [0.3, 0.4) is 0 Å². The van der Waals surface area contributed by atoms with Gasteiger partial charge in [0.2, 0.25) is 11.9 Å². The third-order valence-electron chi connectivity index (χ3n) is 7.19. The molecule has 0 aliphatic carbocycles. The highest BCUT2D eigenvalue weighted by molar-refractivity contribution is 5.92. The quantitative estimate of drug-likeness (QED) is 0.270. The van der Waals surface area contributed by atoms with Gasteiger partial charge in [0.25, 0.3) is 0 Å². The summed E-state index contributed by atoms with van der Waals surface area (Å²) >= 11 is 0. The number of piperazine rings is 1. The third kappa shape index (κ3) is 7.92. The van der Waals surface area contributed by atoms with Crippen molar-refractivity contribution in [2.45, 2.75) is 20.4 Å². The topological polar surface area (TPSA) is 112 Å². The number of nitrogen functional groups attached to an aromatic ring is 1. The number of nitrogens with two attached hydrogens (primary N) is 1. The molecule has 0 atom stereocenters. The number of likely N-dealkylation sites (N-methyl/N-ethyl adjacent to an activating group) is 1. The van der Waals surface area contributed by atoms with Crippen LogP contribution in [-0.2, 0) is 11.3 Å². The second-order valence-electron chi connectivity index (χ2n) is 10.9. The molecule has 5 rings (SSSR count). The van der Waals surface area contributed by atoms with Crippen LogP contribution in [0.25, 0.3) is 11.1 Å². The van der Waals surface area contributed by atoms with E-state index < -0.39 is 5.82 Å². The maximum Gasteiger partial charge on any atom is 0.229 e. The molecule has 0 unspecified atom stereocenters. The lowest BCUT2D eigenvalue weighted by Gasteiger charge is -2.32. The van der Waals surface area contributed by atoms with E-state index in [1.807, 2.05) is 26.0 Å². The van der Waals surface area contributed by atoms with Crippen LogP contribution in [0.15, 0.2) is 67.0 Å². The third-order valence-corrected chi connectivity index (χ3v) is 7.19. The second-order valence-corrected chi connectivity index (χ2v) is 10.9. The number of halogens is 1. The Morgan fingerprint density at radius 2 is 1.77 bits per heavy atom. The Balaban J connectivity index is 1.22. The Morgan fingerprint density at radius 1 is 1.00 bits per heavy atom. The van der Waals surface area contributed by atoms with Crippen LogP contribution in [0.4, 0.5) is 27.5 Å². The summed E-state index contributed by atoms with van der Waals surface area (Å²) in [4.78, 5) is 29.7. The van der Waals surface area contributed by atoms with Crippen LogP contribution in [0.2, 0.25) is 0 Å². The highest BCUT2D eigenvalue weighted by Gasteiger charge is 2.14. The number of nitrogens with zero attached hydrogens (tertiary/aromatic N) is 5. The van der Waals surface area contributed by atoms with E-state index in [9.17, 15) is 9.18 Å². The maximum atomic E-state index is 14.9. The number of pyridine rings is 1. The molecule has 1 aliphatic rings. The van der Waals surface area contributed by atoms with Crippen molar-refractivity contribution in [3.05, 3.63) is 89.6 Å². The zero-order chi connectivity index (χ0) is 30.3. The van der Waals surface area contributed by atoms with Gasteiger partial charge in [0, 0.05) is 68.0 Å². The molecule has 9 nitrogen and oxygen atoms in total. The molecule has 0 saturated carbocycles. The van der Waals surface area contributed by atoms with Crippen molar-refractivity contribution in [3.8, 4) is 23.0 Å². The summed E-state index contributed by atoms with van der Waals surface area (Å²) in [7, 11) is 2.16. The highest BCUT2D eigenvalue weighted by Crippen LogP contribution is 2.26. The van der Waals surface area contributed by atoms with Crippen LogP contribution < -0.4 is 16.4 Å². The van der Waals surface area contributed by atoms with Crippen LogP contribution in [-0.4, -0.2) is 63.9 Å². The van der Waals surface area contributed by atoms with Gasteiger partial charge in [0.15, 0.2) is 0 Å². The first-order chi connectivity index (χ1) is 20.7. The number of anilines is 4. The van der Waals surface area contributed by atoms with Crippen molar-refractivity contribution in [2.24, 2.45) is 5.92 Å². The molecule has 1 amide bonds. The van der Waals surface area contributed by atoms with Gasteiger partial charge in [-0.15, -0.1) is 0 Å². The van der Waals surface area contributed by atoms with Crippen LogP contribution in [0.5, 0.6) is 0 Å². The zero-order valence-electron chi connectivity index (χ0n) is 24.6. The lowest BCUT2D eigenvalue weighted by atomic mass is 10.1. The Morgan fingerprint density at radius 3 is 2.47 bits per heavy atom. The summed E-state index contributed by atoms with van der Waals surface area (Å²) in [6.07, 6.45) is 3.21. The summed E-state index contributed by atoms with van der Waals surface area (Å²) in [5.41, 5.74) is 10.9. The van der Waals surface area contributed by atoms with Gasteiger partial charge in [-0.1, -0.05) is 44.0 Å². The van der Waals surface area contributed by atoms with E-state index in [2.05, 4.69) is 66.4 Å². The van der Waals surface area contributed by atoms with E-state index in [4.69, 9.17) is 5.73 Å². The average molecular weight is 579 g/mol. The minimum Gasteiger partial charge on any atom is -0.383 e. The molecule has 3 heterocycles. The van der Waals surface area contributed by atoms with E-state index in [-0.39, 0.29) is 23.3 Å². The van der Waals surface area contributed by atoms with E-state index in [1.165, 1.54) is 11.6 Å². The fraction of sp³-hybridized carbons (Fsp3) is 0.273. The summed E-state index contributed by atoms with van der Waals surface area (Å²) < 4.78 is 14.9. The molecule has 220 valence electrons. The largest absolute Gasteiger partial charge is 0.383 e. The standard InChI is InChI=1S/C33H35FN8O/c1-22(2)32(43)38-28-12-13-36-26(18-28)10-8-25-9-11-27(19-30(25)34)39-33-37-20-29(31(35)40-33)24-6-4-23(5-7-24)21-42-16-14-41(3)15-17-42/h4-7,9,11-13,18-20,22H,14-17,21H2,1-3H3,(H,36,38,43)(H3,35,37,39,40). The minimum absolute atomic E-state index is 0.106. The number of hydrogen-bond acceptors (Lipinski definition) is 8. The number of amides is 1. The van der Waals surface area contributed by atoms with Gasteiger partial charge in [-0.05, 0) is 54.4 Å². The van der Waals surface area contributed by atoms with Crippen molar-refractivity contribution in [1.82, 2.24) is 24.8 Å². The molecule has 2 aromatic carbocycles. The molecule has 10 heteroatoms. The molecule has 2 aromatic heterocycles. The van der Waals surface area contributed by atoms with Gasteiger partial charge in [0.1, 0.15) is 17.3 Å². The SMILES string of the molecule is CC(C)C(=O)Nc1ccnc(C#Cc2ccc(Nc3ncc(-c4ccc(CN5CCN(C)CC5)cc4)c(N)n3)cc2F)c1. The Labute approximate surface area is 251 Å². The monoisotopic (exact) mass is 578 g/mol.